The van der Waals surface area contributed by atoms with Gasteiger partial charge in [-0.05, 0) is 12.1 Å². The van der Waals surface area contributed by atoms with Crippen LogP contribution in [-0.2, 0) is 6.18 Å². The Labute approximate surface area is 138 Å². The molecule has 1 heterocycles. The smallest absolute Gasteiger partial charge is 0.416 e. The quantitative estimate of drug-likeness (QED) is 0.731. The highest BCUT2D eigenvalue weighted by Gasteiger charge is 2.30. The Morgan fingerprint density at radius 3 is 2.44 bits per heavy atom. The van der Waals surface area contributed by atoms with Crippen LogP contribution in [0.1, 0.15) is 5.56 Å². The lowest BCUT2D eigenvalue weighted by Crippen LogP contribution is -2.05. The van der Waals surface area contributed by atoms with Crippen LogP contribution in [0, 0.1) is 0 Å². The molecule has 0 fully saturated rings. The van der Waals surface area contributed by atoms with Crippen molar-refractivity contribution >= 4 is 11.0 Å². The lowest BCUT2D eigenvalue weighted by Gasteiger charge is -2.11. The van der Waals surface area contributed by atoms with E-state index in [-0.39, 0.29) is 28.0 Å². The van der Waals surface area contributed by atoms with Crippen LogP contribution in [0.15, 0.2) is 45.6 Å². The van der Waals surface area contributed by atoms with E-state index in [1.54, 1.807) is 0 Å². The Bertz CT molecular complexity index is 1020. The van der Waals surface area contributed by atoms with Crippen LogP contribution in [0.4, 0.5) is 13.2 Å². The molecule has 0 spiro atoms. The van der Waals surface area contributed by atoms with Crippen molar-refractivity contribution in [3.8, 4) is 28.6 Å². The monoisotopic (exact) mass is 352 g/mol. The molecule has 8 heteroatoms. The van der Waals surface area contributed by atoms with Crippen LogP contribution in [0.25, 0.3) is 22.3 Å². The second kappa shape index (κ2) is 5.73. The van der Waals surface area contributed by atoms with E-state index in [1.807, 2.05) is 0 Å². The van der Waals surface area contributed by atoms with Gasteiger partial charge < -0.3 is 19.4 Å². The van der Waals surface area contributed by atoms with Crippen molar-refractivity contribution in [2.24, 2.45) is 0 Å². The Kier molecular flexibility index (Phi) is 3.82. The van der Waals surface area contributed by atoms with Gasteiger partial charge in [-0.15, -0.1) is 0 Å². The van der Waals surface area contributed by atoms with E-state index in [0.29, 0.717) is 0 Å². The van der Waals surface area contributed by atoms with Gasteiger partial charge in [-0.25, -0.2) is 0 Å². The van der Waals surface area contributed by atoms with Crippen molar-refractivity contribution in [1.82, 2.24) is 0 Å². The number of aromatic hydroxyl groups is 2. The molecular weight excluding hydrogens is 341 g/mol. The molecule has 0 aliphatic carbocycles. The third kappa shape index (κ3) is 2.86. The van der Waals surface area contributed by atoms with E-state index in [9.17, 15) is 28.2 Å². The predicted octanol–water partition coefficient (Wildman–Crippen LogP) is 3.90. The molecule has 0 radical (unpaired) electrons. The van der Waals surface area contributed by atoms with Gasteiger partial charge in [-0.1, -0.05) is 12.1 Å². The fourth-order valence-corrected chi connectivity index (χ4v) is 2.47. The number of benzene rings is 2. The molecule has 5 nitrogen and oxygen atoms in total. The molecule has 0 atom stereocenters. The zero-order chi connectivity index (χ0) is 18.4. The van der Waals surface area contributed by atoms with Crippen molar-refractivity contribution in [2.45, 2.75) is 6.18 Å². The molecule has 0 aliphatic rings. The van der Waals surface area contributed by atoms with E-state index < -0.39 is 28.7 Å². The molecule has 25 heavy (non-hydrogen) atoms. The first-order valence-corrected chi connectivity index (χ1v) is 6.96. The Morgan fingerprint density at radius 2 is 1.80 bits per heavy atom. The van der Waals surface area contributed by atoms with Gasteiger partial charge in [-0.2, -0.15) is 13.2 Å². The number of hydrogen-bond acceptors (Lipinski definition) is 5. The van der Waals surface area contributed by atoms with E-state index in [1.165, 1.54) is 19.2 Å². The third-order valence-electron chi connectivity index (χ3n) is 3.59. The maximum absolute atomic E-state index is 12.9. The van der Waals surface area contributed by atoms with Gasteiger partial charge in [0.1, 0.15) is 16.9 Å². The maximum Gasteiger partial charge on any atom is 0.416 e. The largest absolute Gasteiger partial charge is 0.507 e. The highest BCUT2D eigenvalue weighted by atomic mass is 19.4. The molecule has 0 saturated carbocycles. The summed E-state index contributed by atoms with van der Waals surface area (Å²) in [7, 11) is 1.21. The Hall–Kier alpha value is -3.16. The predicted molar refractivity (Wildman–Crippen MR) is 82.8 cm³/mol. The summed E-state index contributed by atoms with van der Waals surface area (Å²) < 4.78 is 49.0. The molecule has 130 valence electrons. The fourth-order valence-electron chi connectivity index (χ4n) is 2.47. The van der Waals surface area contributed by atoms with Crippen LogP contribution < -0.4 is 10.2 Å². The van der Waals surface area contributed by atoms with Crippen LogP contribution in [0.3, 0.4) is 0 Å². The van der Waals surface area contributed by atoms with Gasteiger partial charge in [0.05, 0.1) is 12.7 Å². The van der Waals surface area contributed by atoms with Crippen LogP contribution in [0.5, 0.6) is 17.2 Å². The highest BCUT2D eigenvalue weighted by Crippen LogP contribution is 2.40. The second-order valence-corrected chi connectivity index (χ2v) is 5.21. The third-order valence-corrected chi connectivity index (χ3v) is 3.59. The number of halogens is 3. The van der Waals surface area contributed by atoms with Crippen molar-refractivity contribution < 1.29 is 32.5 Å². The van der Waals surface area contributed by atoms with Crippen molar-refractivity contribution in [3.05, 3.63) is 52.2 Å². The van der Waals surface area contributed by atoms with Gasteiger partial charge in [0.2, 0.25) is 5.75 Å². The van der Waals surface area contributed by atoms with Gasteiger partial charge >= 0.3 is 6.18 Å². The standard InChI is InChI=1S/C17H11F3O5/c1-24-15-12(23)6-10(21)14-11(22)7-13(25-16(14)15)8-3-2-4-9(5-8)17(18,19)20/h2-7,21,23H,1H3. The van der Waals surface area contributed by atoms with Gasteiger partial charge in [-0.3, -0.25) is 4.79 Å². The number of methoxy groups -OCH3 is 1. The number of rotatable bonds is 2. The van der Waals surface area contributed by atoms with Crippen molar-refractivity contribution in [3.63, 3.8) is 0 Å². The molecular formula is C17H11F3O5. The summed E-state index contributed by atoms with van der Waals surface area (Å²) in [4.78, 5) is 12.3. The lowest BCUT2D eigenvalue weighted by molar-refractivity contribution is -0.137. The van der Waals surface area contributed by atoms with Crippen molar-refractivity contribution in [2.75, 3.05) is 7.11 Å². The SMILES string of the molecule is COc1c(O)cc(O)c2c(=O)cc(-c3cccc(C(F)(F)F)c3)oc12. The van der Waals surface area contributed by atoms with Crippen molar-refractivity contribution in [1.29, 1.82) is 0 Å². The summed E-state index contributed by atoms with van der Waals surface area (Å²) in [5.74, 6) is -1.37. The van der Waals surface area contributed by atoms with Gasteiger partial charge in [0.15, 0.2) is 16.8 Å². The minimum Gasteiger partial charge on any atom is -0.507 e. The molecule has 1 aromatic heterocycles. The normalized spacial score (nSPS) is 11.7. The summed E-state index contributed by atoms with van der Waals surface area (Å²) in [6.45, 7) is 0. The number of alkyl halides is 3. The average Bonchev–Trinajstić information content (AvgIpc) is 2.53. The molecule has 0 unspecified atom stereocenters. The Morgan fingerprint density at radius 1 is 1.08 bits per heavy atom. The van der Waals surface area contributed by atoms with Crippen LogP contribution in [-0.4, -0.2) is 17.3 Å². The summed E-state index contributed by atoms with van der Waals surface area (Å²) in [5.41, 5.74) is -1.85. The lowest BCUT2D eigenvalue weighted by atomic mass is 10.1. The first kappa shape index (κ1) is 16.7. The number of hydrogen-bond donors (Lipinski definition) is 2. The number of phenols is 2. The summed E-state index contributed by atoms with van der Waals surface area (Å²) >= 11 is 0. The summed E-state index contributed by atoms with van der Waals surface area (Å²) in [6.07, 6.45) is -4.55. The molecule has 0 bridgehead atoms. The second-order valence-electron chi connectivity index (χ2n) is 5.21. The number of fused-ring (bicyclic) bond motifs is 1. The van der Waals surface area contributed by atoms with E-state index in [0.717, 1.165) is 24.3 Å². The van der Waals surface area contributed by atoms with Crippen LogP contribution >= 0.6 is 0 Å². The molecule has 2 aromatic carbocycles. The summed E-state index contributed by atoms with van der Waals surface area (Å²) in [5, 5.41) is 19.4. The zero-order valence-corrected chi connectivity index (χ0v) is 12.7. The van der Waals surface area contributed by atoms with E-state index in [4.69, 9.17) is 9.15 Å². The average molecular weight is 352 g/mol. The fraction of sp³-hybridized carbons (Fsp3) is 0.118. The number of phenolic OH excluding ortho intramolecular Hbond substituents is 2. The topological polar surface area (TPSA) is 79.9 Å². The molecule has 3 rings (SSSR count). The molecule has 0 saturated heterocycles. The number of ether oxygens (including phenoxy) is 1. The maximum atomic E-state index is 12.9. The van der Waals surface area contributed by atoms with Crippen LogP contribution in [0.2, 0.25) is 0 Å². The summed E-state index contributed by atoms with van der Waals surface area (Å²) in [6, 6.07) is 6.13. The molecule has 2 N–H and O–H groups in total. The van der Waals surface area contributed by atoms with E-state index in [2.05, 4.69) is 0 Å². The van der Waals surface area contributed by atoms with E-state index >= 15 is 0 Å². The minimum atomic E-state index is -4.55. The highest BCUT2D eigenvalue weighted by molar-refractivity contribution is 5.91. The first-order chi connectivity index (χ1) is 11.7. The molecule has 0 amide bonds. The minimum absolute atomic E-state index is 0.0127. The first-order valence-electron chi connectivity index (χ1n) is 6.96. The molecule has 0 aliphatic heterocycles. The van der Waals surface area contributed by atoms with Gasteiger partial charge in [0.25, 0.3) is 0 Å². The molecule has 3 aromatic rings. The van der Waals surface area contributed by atoms with Gasteiger partial charge in [0, 0.05) is 17.7 Å². The zero-order valence-electron chi connectivity index (χ0n) is 12.7. The Balaban J connectivity index is 2.31.